The highest BCUT2D eigenvalue weighted by molar-refractivity contribution is 9.10. The molecule has 0 aliphatic carbocycles. The lowest BCUT2D eigenvalue weighted by Crippen LogP contribution is -2.11. The van der Waals surface area contributed by atoms with Gasteiger partial charge < -0.3 is 4.74 Å². The Kier molecular flexibility index (Phi) is 3.69. The summed E-state index contributed by atoms with van der Waals surface area (Å²) in [4.78, 5) is 11.5. The van der Waals surface area contributed by atoms with Crippen molar-refractivity contribution in [1.29, 1.82) is 0 Å². The Hall–Kier alpha value is -0.830. The predicted molar refractivity (Wildman–Crippen MR) is 59.4 cm³/mol. The van der Waals surface area contributed by atoms with E-state index in [-0.39, 0.29) is 12.1 Å². The van der Waals surface area contributed by atoms with Gasteiger partial charge in [-0.05, 0) is 44.5 Å². The Labute approximate surface area is 92.4 Å². The number of benzene rings is 1. The van der Waals surface area contributed by atoms with Crippen LogP contribution in [-0.4, -0.2) is 12.1 Å². The molecule has 0 heterocycles. The maximum Gasteiger partial charge on any atom is 0.338 e. The van der Waals surface area contributed by atoms with Crippen LogP contribution in [0.3, 0.4) is 0 Å². The number of hydrogen-bond acceptors (Lipinski definition) is 2. The van der Waals surface area contributed by atoms with Crippen molar-refractivity contribution in [2.45, 2.75) is 26.9 Å². The smallest absolute Gasteiger partial charge is 0.338 e. The van der Waals surface area contributed by atoms with Gasteiger partial charge in [-0.15, -0.1) is 0 Å². The van der Waals surface area contributed by atoms with Gasteiger partial charge in [-0.25, -0.2) is 4.79 Å². The van der Waals surface area contributed by atoms with Crippen LogP contribution in [0.15, 0.2) is 22.7 Å². The van der Waals surface area contributed by atoms with E-state index in [1.54, 1.807) is 6.07 Å². The van der Waals surface area contributed by atoms with Crippen LogP contribution in [0.25, 0.3) is 0 Å². The molecular weight excluding hydrogens is 244 g/mol. The molecule has 0 aliphatic rings. The molecule has 0 amide bonds. The Morgan fingerprint density at radius 2 is 2.00 bits per heavy atom. The Morgan fingerprint density at radius 1 is 1.36 bits per heavy atom. The molecule has 0 saturated carbocycles. The molecule has 0 saturated heterocycles. The van der Waals surface area contributed by atoms with Crippen LogP contribution in [0.1, 0.15) is 29.8 Å². The van der Waals surface area contributed by atoms with E-state index in [2.05, 4.69) is 15.9 Å². The molecule has 76 valence electrons. The molecule has 0 bridgehead atoms. The van der Waals surface area contributed by atoms with E-state index < -0.39 is 0 Å². The molecule has 1 aromatic rings. The Bertz CT molecular complexity index is 325. The van der Waals surface area contributed by atoms with Crippen LogP contribution in [0, 0.1) is 6.92 Å². The van der Waals surface area contributed by atoms with Crippen molar-refractivity contribution < 1.29 is 9.53 Å². The summed E-state index contributed by atoms with van der Waals surface area (Å²) in [5, 5.41) is 0. The van der Waals surface area contributed by atoms with Crippen LogP contribution in [-0.2, 0) is 4.74 Å². The first kappa shape index (κ1) is 11.2. The van der Waals surface area contributed by atoms with Gasteiger partial charge in [-0.1, -0.05) is 15.9 Å². The molecule has 0 unspecified atom stereocenters. The molecule has 0 aliphatic heterocycles. The van der Waals surface area contributed by atoms with E-state index in [9.17, 15) is 4.79 Å². The fraction of sp³-hybridized carbons (Fsp3) is 0.364. The normalized spacial score (nSPS) is 10.4. The highest BCUT2D eigenvalue weighted by atomic mass is 79.9. The van der Waals surface area contributed by atoms with Gasteiger partial charge >= 0.3 is 5.97 Å². The van der Waals surface area contributed by atoms with Crippen LogP contribution in [0.2, 0.25) is 0 Å². The largest absolute Gasteiger partial charge is 0.459 e. The van der Waals surface area contributed by atoms with Gasteiger partial charge in [0.15, 0.2) is 0 Å². The number of ether oxygens (including phenoxy) is 1. The zero-order valence-corrected chi connectivity index (χ0v) is 10.1. The van der Waals surface area contributed by atoms with Crippen molar-refractivity contribution in [3.8, 4) is 0 Å². The van der Waals surface area contributed by atoms with Gasteiger partial charge in [-0.3, -0.25) is 0 Å². The fourth-order valence-electron chi connectivity index (χ4n) is 1.14. The first-order valence-corrected chi connectivity index (χ1v) is 5.26. The van der Waals surface area contributed by atoms with Crippen molar-refractivity contribution in [3.05, 3.63) is 33.8 Å². The van der Waals surface area contributed by atoms with Crippen molar-refractivity contribution in [3.63, 3.8) is 0 Å². The van der Waals surface area contributed by atoms with E-state index in [1.165, 1.54) is 0 Å². The van der Waals surface area contributed by atoms with Gasteiger partial charge in [0.1, 0.15) is 0 Å². The van der Waals surface area contributed by atoms with Gasteiger partial charge in [0.25, 0.3) is 0 Å². The van der Waals surface area contributed by atoms with E-state index in [0.29, 0.717) is 5.56 Å². The summed E-state index contributed by atoms with van der Waals surface area (Å²) in [5.74, 6) is -0.274. The predicted octanol–water partition coefficient (Wildman–Crippen LogP) is 3.32. The minimum atomic E-state index is -0.274. The molecule has 0 atom stereocenters. The second-order valence-electron chi connectivity index (χ2n) is 3.47. The summed E-state index contributed by atoms with van der Waals surface area (Å²) in [5.41, 5.74) is 1.63. The van der Waals surface area contributed by atoms with E-state index in [4.69, 9.17) is 4.74 Å². The van der Waals surface area contributed by atoms with Crippen LogP contribution < -0.4 is 0 Å². The summed E-state index contributed by atoms with van der Waals surface area (Å²) in [6.07, 6.45) is -0.0817. The van der Waals surface area contributed by atoms with Gasteiger partial charge in [0, 0.05) is 4.47 Å². The monoisotopic (exact) mass is 256 g/mol. The van der Waals surface area contributed by atoms with E-state index in [1.807, 2.05) is 32.9 Å². The molecule has 1 aromatic carbocycles. The SMILES string of the molecule is Cc1cc(Br)cc(C(=O)OC(C)C)c1. The van der Waals surface area contributed by atoms with Crippen LogP contribution in [0.4, 0.5) is 0 Å². The molecule has 14 heavy (non-hydrogen) atoms. The third-order valence-corrected chi connectivity index (χ3v) is 2.08. The highest BCUT2D eigenvalue weighted by Gasteiger charge is 2.09. The zero-order valence-electron chi connectivity index (χ0n) is 8.50. The Balaban J connectivity index is 2.90. The standard InChI is InChI=1S/C11H13BrO2/c1-7(2)14-11(13)9-4-8(3)5-10(12)6-9/h4-7H,1-3H3. The fourth-order valence-corrected chi connectivity index (χ4v) is 1.74. The van der Waals surface area contributed by atoms with Gasteiger partial charge in [-0.2, -0.15) is 0 Å². The number of carbonyl (C=O) groups excluding carboxylic acids is 1. The first-order valence-electron chi connectivity index (χ1n) is 4.47. The zero-order chi connectivity index (χ0) is 10.7. The average molecular weight is 257 g/mol. The van der Waals surface area contributed by atoms with Crippen LogP contribution in [0.5, 0.6) is 0 Å². The quantitative estimate of drug-likeness (QED) is 0.759. The lowest BCUT2D eigenvalue weighted by atomic mass is 10.1. The lowest BCUT2D eigenvalue weighted by molar-refractivity contribution is 0.0377. The first-order chi connectivity index (χ1) is 6.49. The summed E-state index contributed by atoms with van der Waals surface area (Å²) >= 11 is 3.34. The average Bonchev–Trinajstić information content (AvgIpc) is 2.00. The minimum Gasteiger partial charge on any atom is -0.459 e. The number of aryl methyl sites for hydroxylation is 1. The number of carbonyl (C=O) groups is 1. The maximum atomic E-state index is 11.5. The summed E-state index contributed by atoms with van der Waals surface area (Å²) < 4.78 is 5.98. The molecule has 3 heteroatoms. The molecule has 0 spiro atoms. The van der Waals surface area contributed by atoms with E-state index in [0.717, 1.165) is 10.0 Å². The molecule has 0 aromatic heterocycles. The second kappa shape index (κ2) is 4.60. The Morgan fingerprint density at radius 3 is 2.50 bits per heavy atom. The molecule has 0 fully saturated rings. The highest BCUT2D eigenvalue weighted by Crippen LogP contribution is 2.16. The third-order valence-electron chi connectivity index (χ3n) is 1.62. The third kappa shape index (κ3) is 3.14. The van der Waals surface area contributed by atoms with Crippen LogP contribution >= 0.6 is 15.9 Å². The summed E-state index contributed by atoms with van der Waals surface area (Å²) in [6, 6.07) is 5.53. The topological polar surface area (TPSA) is 26.3 Å². The molecule has 0 radical (unpaired) electrons. The van der Waals surface area contributed by atoms with Crippen molar-refractivity contribution in [1.82, 2.24) is 0 Å². The van der Waals surface area contributed by atoms with E-state index >= 15 is 0 Å². The number of halogens is 1. The molecule has 1 rings (SSSR count). The van der Waals surface area contributed by atoms with Gasteiger partial charge in [0.2, 0.25) is 0 Å². The molecule has 0 N–H and O–H groups in total. The number of hydrogen-bond donors (Lipinski definition) is 0. The summed E-state index contributed by atoms with van der Waals surface area (Å²) in [7, 11) is 0. The van der Waals surface area contributed by atoms with Gasteiger partial charge in [0.05, 0.1) is 11.7 Å². The second-order valence-corrected chi connectivity index (χ2v) is 4.39. The maximum absolute atomic E-state index is 11.5. The molecular formula is C11H13BrO2. The lowest BCUT2D eigenvalue weighted by Gasteiger charge is -2.08. The molecule has 2 nitrogen and oxygen atoms in total. The number of rotatable bonds is 2. The summed E-state index contributed by atoms with van der Waals surface area (Å²) in [6.45, 7) is 5.61. The van der Waals surface area contributed by atoms with Crippen molar-refractivity contribution in [2.75, 3.05) is 0 Å². The van der Waals surface area contributed by atoms with Crippen molar-refractivity contribution >= 4 is 21.9 Å². The minimum absolute atomic E-state index is 0.0817. The van der Waals surface area contributed by atoms with Crippen molar-refractivity contribution in [2.24, 2.45) is 0 Å². The number of esters is 1.